The van der Waals surface area contributed by atoms with Crippen molar-refractivity contribution in [3.8, 4) is 11.5 Å². The highest BCUT2D eigenvalue weighted by atomic mass is 16.6. The van der Waals surface area contributed by atoms with E-state index in [1.807, 2.05) is 36.4 Å². The van der Waals surface area contributed by atoms with Gasteiger partial charge in [-0.2, -0.15) is 0 Å². The van der Waals surface area contributed by atoms with Crippen molar-refractivity contribution in [3.63, 3.8) is 0 Å². The van der Waals surface area contributed by atoms with Gasteiger partial charge in [0.2, 0.25) is 0 Å². The molecule has 30 heavy (non-hydrogen) atoms. The zero-order chi connectivity index (χ0) is 21.3. The van der Waals surface area contributed by atoms with Crippen molar-refractivity contribution < 1.29 is 34.6 Å². The molecule has 2 aromatic carbocycles. The Kier molecular flexibility index (Phi) is 6.26. The van der Waals surface area contributed by atoms with Crippen molar-refractivity contribution in [2.45, 2.75) is 50.3 Å². The Morgan fingerprint density at radius 1 is 0.867 bits per heavy atom. The molecular weight excluding hydrogens is 388 g/mol. The fourth-order valence-corrected chi connectivity index (χ4v) is 4.13. The van der Waals surface area contributed by atoms with Crippen LogP contribution in [0.5, 0.6) is 11.5 Å². The van der Waals surface area contributed by atoms with Gasteiger partial charge in [0.15, 0.2) is 11.5 Å². The number of rotatable bonds is 5. The highest BCUT2D eigenvalue weighted by Crippen LogP contribution is 2.35. The van der Waals surface area contributed by atoms with Crippen molar-refractivity contribution in [2.24, 2.45) is 0 Å². The number of aliphatic hydroxyl groups excluding tert-OH is 4. The molecule has 0 aliphatic carbocycles. The third-order valence-electron chi connectivity index (χ3n) is 5.83. The van der Waals surface area contributed by atoms with Crippen molar-refractivity contribution in [1.82, 2.24) is 0 Å². The average Bonchev–Trinajstić information content (AvgIpc) is 2.77. The number of ether oxygens (including phenoxy) is 3. The molecule has 0 saturated carbocycles. The van der Waals surface area contributed by atoms with Crippen LogP contribution >= 0.6 is 0 Å². The summed E-state index contributed by atoms with van der Waals surface area (Å²) < 4.78 is 17.0. The van der Waals surface area contributed by atoms with Crippen LogP contribution in [0.25, 0.3) is 0 Å². The number of hydrogen-bond acceptors (Lipinski definition) is 7. The van der Waals surface area contributed by atoms with Gasteiger partial charge in [0, 0.05) is 0 Å². The number of hydrogen-bond donors (Lipinski definition) is 4. The Labute approximate surface area is 175 Å². The molecule has 4 rings (SSSR count). The van der Waals surface area contributed by atoms with Gasteiger partial charge in [-0.3, -0.25) is 0 Å². The van der Waals surface area contributed by atoms with Gasteiger partial charge in [0.05, 0.1) is 6.61 Å². The summed E-state index contributed by atoms with van der Waals surface area (Å²) in [6.07, 6.45) is -4.33. The van der Waals surface area contributed by atoms with E-state index in [-0.39, 0.29) is 0 Å². The minimum atomic E-state index is -1.40. The first-order valence-electron chi connectivity index (χ1n) is 10.3. The summed E-state index contributed by atoms with van der Waals surface area (Å²) in [7, 11) is 0. The van der Waals surface area contributed by atoms with Crippen LogP contribution < -0.4 is 9.47 Å². The largest absolute Gasteiger partial charge is 0.486 e. The van der Waals surface area contributed by atoms with Crippen LogP contribution in [0.3, 0.4) is 0 Å². The van der Waals surface area contributed by atoms with E-state index in [4.69, 9.17) is 14.2 Å². The average molecular weight is 416 g/mol. The minimum absolute atomic E-state index is 0.446. The van der Waals surface area contributed by atoms with Crippen LogP contribution in [0.4, 0.5) is 0 Å². The van der Waals surface area contributed by atoms with Crippen LogP contribution in [0.15, 0.2) is 36.4 Å². The number of aliphatic hydroxyl groups is 4. The summed E-state index contributed by atoms with van der Waals surface area (Å²) in [6, 6.07) is 11.7. The van der Waals surface area contributed by atoms with E-state index in [1.54, 1.807) is 0 Å². The molecule has 4 N–H and O–H groups in total. The summed E-state index contributed by atoms with van der Waals surface area (Å²) in [5.41, 5.74) is 4.00. The van der Waals surface area contributed by atoms with E-state index in [0.717, 1.165) is 29.0 Å². The Morgan fingerprint density at radius 3 is 2.37 bits per heavy atom. The quantitative estimate of drug-likeness (QED) is 0.579. The molecule has 2 aliphatic heterocycles. The predicted octanol–water partition coefficient (Wildman–Crippen LogP) is 1.13. The molecule has 0 bridgehead atoms. The lowest BCUT2D eigenvalue weighted by Crippen LogP contribution is -2.55. The van der Waals surface area contributed by atoms with Crippen molar-refractivity contribution in [3.05, 3.63) is 58.7 Å². The lowest BCUT2D eigenvalue weighted by Gasteiger charge is -2.40. The second-order valence-corrected chi connectivity index (χ2v) is 7.79. The zero-order valence-electron chi connectivity index (χ0n) is 16.9. The Morgan fingerprint density at radius 2 is 1.63 bits per heavy atom. The molecule has 1 unspecified atom stereocenters. The summed E-state index contributed by atoms with van der Waals surface area (Å²) >= 11 is 0. The predicted molar refractivity (Wildman–Crippen MR) is 109 cm³/mol. The molecule has 1 saturated heterocycles. The maximum Gasteiger partial charge on any atom is 0.161 e. The molecule has 2 aliphatic rings. The first-order chi connectivity index (χ1) is 14.5. The first-order valence-corrected chi connectivity index (χ1v) is 10.3. The summed E-state index contributed by atoms with van der Waals surface area (Å²) in [4.78, 5) is 0. The van der Waals surface area contributed by atoms with Crippen LogP contribution in [-0.2, 0) is 17.6 Å². The molecule has 1 fully saturated rings. The number of benzene rings is 2. The molecule has 7 heteroatoms. The SMILES string of the molecule is CCc1ccc(C2O[C@H](CO)[C@@H](O)[C@H](O)[C@H]2O)cc1Cc1ccc2c(c1)OCCO2. The molecule has 0 amide bonds. The second-order valence-electron chi connectivity index (χ2n) is 7.79. The third kappa shape index (κ3) is 4.04. The maximum absolute atomic E-state index is 10.5. The Bertz CT molecular complexity index is 882. The number of aryl methyl sites for hydroxylation is 1. The molecule has 2 aromatic rings. The van der Waals surface area contributed by atoms with Gasteiger partial charge in [-0.05, 0) is 47.2 Å². The summed E-state index contributed by atoms with van der Waals surface area (Å²) in [5.74, 6) is 1.48. The fourth-order valence-electron chi connectivity index (χ4n) is 4.13. The molecule has 0 radical (unpaired) electrons. The topological polar surface area (TPSA) is 109 Å². The van der Waals surface area contributed by atoms with Crippen LogP contribution in [-0.4, -0.2) is 64.7 Å². The smallest absolute Gasteiger partial charge is 0.161 e. The van der Waals surface area contributed by atoms with Crippen molar-refractivity contribution >= 4 is 0 Å². The van der Waals surface area contributed by atoms with E-state index in [2.05, 4.69) is 6.92 Å². The fraction of sp³-hybridized carbons (Fsp3) is 0.478. The Balaban J connectivity index is 1.62. The molecule has 7 nitrogen and oxygen atoms in total. The van der Waals surface area contributed by atoms with Gasteiger partial charge < -0.3 is 34.6 Å². The van der Waals surface area contributed by atoms with E-state index in [9.17, 15) is 20.4 Å². The second kappa shape index (κ2) is 8.91. The van der Waals surface area contributed by atoms with Gasteiger partial charge in [0.1, 0.15) is 43.7 Å². The highest BCUT2D eigenvalue weighted by molar-refractivity contribution is 5.46. The zero-order valence-corrected chi connectivity index (χ0v) is 16.9. The summed E-state index contributed by atoms with van der Waals surface area (Å²) in [5, 5.41) is 40.1. The summed E-state index contributed by atoms with van der Waals surface area (Å²) in [6.45, 7) is 2.71. The van der Waals surface area contributed by atoms with Gasteiger partial charge in [-0.15, -0.1) is 0 Å². The van der Waals surface area contributed by atoms with Gasteiger partial charge in [-0.25, -0.2) is 0 Å². The minimum Gasteiger partial charge on any atom is -0.486 e. The number of fused-ring (bicyclic) bond motifs is 1. The van der Waals surface area contributed by atoms with E-state index in [1.165, 1.54) is 5.56 Å². The Hall–Kier alpha value is -2.16. The molecule has 2 heterocycles. The third-order valence-corrected chi connectivity index (χ3v) is 5.83. The van der Waals surface area contributed by atoms with Crippen LogP contribution in [0.2, 0.25) is 0 Å². The van der Waals surface area contributed by atoms with Gasteiger partial charge in [-0.1, -0.05) is 31.2 Å². The van der Waals surface area contributed by atoms with E-state index in [0.29, 0.717) is 25.2 Å². The monoisotopic (exact) mass is 416 g/mol. The lowest BCUT2D eigenvalue weighted by molar-refractivity contribution is -0.231. The van der Waals surface area contributed by atoms with Crippen molar-refractivity contribution in [2.75, 3.05) is 19.8 Å². The highest BCUT2D eigenvalue weighted by Gasteiger charge is 2.44. The molecule has 0 spiro atoms. The van der Waals surface area contributed by atoms with Crippen LogP contribution in [0, 0.1) is 0 Å². The molecule has 0 aromatic heterocycles. The van der Waals surface area contributed by atoms with Crippen LogP contribution in [0.1, 0.15) is 35.3 Å². The van der Waals surface area contributed by atoms with Crippen molar-refractivity contribution in [1.29, 1.82) is 0 Å². The van der Waals surface area contributed by atoms with Gasteiger partial charge >= 0.3 is 0 Å². The normalized spacial score (nSPS) is 28.4. The molecule has 5 atom stereocenters. The standard InChI is InChI=1S/C23H28O7/c1-2-14-4-5-15(23-22(27)21(26)20(25)19(12-24)30-23)11-16(14)9-13-3-6-17-18(10-13)29-8-7-28-17/h3-6,10-11,19-27H,2,7-9,12H2,1H3/t19-,20-,21+,22-,23?/m1/s1. The maximum atomic E-state index is 10.5. The lowest BCUT2D eigenvalue weighted by atomic mass is 9.88. The van der Waals surface area contributed by atoms with Gasteiger partial charge in [0.25, 0.3) is 0 Å². The van der Waals surface area contributed by atoms with E-state index >= 15 is 0 Å². The molecular formula is C23H28O7. The first kappa shape index (κ1) is 21.1. The molecule has 162 valence electrons. The van der Waals surface area contributed by atoms with E-state index < -0.39 is 37.1 Å².